The first-order valence-electron chi connectivity index (χ1n) is 11.4. The lowest BCUT2D eigenvalue weighted by Gasteiger charge is -2.44. The summed E-state index contributed by atoms with van der Waals surface area (Å²) < 4.78 is 0. The van der Waals surface area contributed by atoms with Gasteiger partial charge in [0, 0.05) is 0 Å². The van der Waals surface area contributed by atoms with Crippen molar-refractivity contribution in [3.8, 4) is 0 Å². The van der Waals surface area contributed by atoms with E-state index < -0.39 is 8.07 Å². The average molecular weight is 383 g/mol. The van der Waals surface area contributed by atoms with Gasteiger partial charge in [0.15, 0.2) is 0 Å². The van der Waals surface area contributed by atoms with E-state index in [-0.39, 0.29) is 0 Å². The zero-order valence-electron chi connectivity index (χ0n) is 19.2. The van der Waals surface area contributed by atoms with Crippen LogP contribution in [0, 0.1) is 29.6 Å². The highest BCUT2D eigenvalue weighted by Crippen LogP contribution is 2.50. The van der Waals surface area contributed by atoms with Crippen LogP contribution in [0.3, 0.4) is 0 Å². The van der Waals surface area contributed by atoms with Crippen LogP contribution in [0.25, 0.3) is 0 Å². The van der Waals surface area contributed by atoms with Crippen molar-refractivity contribution in [2.24, 2.45) is 29.6 Å². The van der Waals surface area contributed by atoms with E-state index in [1.807, 2.05) is 5.20 Å². The van der Waals surface area contributed by atoms with Gasteiger partial charge in [0.1, 0.15) is 8.07 Å². The van der Waals surface area contributed by atoms with Gasteiger partial charge in [-0.1, -0.05) is 80.4 Å². The van der Waals surface area contributed by atoms with Gasteiger partial charge in [0.2, 0.25) is 0 Å². The zero-order valence-corrected chi connectivity index (χ0v) is 20.2. The van der Waals surface area contributed by atoms with Crippen LogP contribution in [0.15, 0.2) is 45.3 Å². The molecule has 1 fully saturated rings. The smallest absolute Gasteiger partial charge is 0.0809 e. The van der Waals surface area contributed by atoms with Gasteiger partial charge in [-0.3, -0.25) is 0 Å². The Kier molecular flexibility index (Phi) is 6.11. The lowest BCUT2D eigenvalue weighted by molar-refractivity contribution is 0.157. The van der Waals surface area contributed by atoms with Crippen molar-refractivity contribution in [3.05, 3.63) is 45.3 Å². The summed E-state index contributed by atoms with van der Waals surface area (Å²) in [6, 6.07) is 1.48. The second-order valence-electron chi connectivity index (χ2n) is 10.5. The molecule has 0 nitrogen and oxygen atoms in total. The number of hydrogen-bond donors (Lipinski definition) is 0. The average Bonchev–Trinajstić information content (AvgIpc) is 3.20. The molecule has 3 aliphatic rings. The Morgan fingerprint density at radius 2 is 1.78 bits per heavy atom. The van der Waals surface area contributed by atoms with E-state index in [2.05, 4.69) is 73.2 Å². The molecule has 0 aromatic rings. The third-order valence-electron chi connectivity index (χ3n) is 8.55. The molecule has 0 amide bonds. The quantitative estimate of drug-likeness (QED) is 0.422. The summed E-state index contributed by atoms with van der Waals surface area (Å²) in [5, 5.41) is 3.67. The Bertz CT molecular complexity index is 702. The lowest BCUT2D eigenvalue weighted by atomic mass is 9.71. The summed E-state index contributed by atoms with van der Waals surface area (Å²) in [5.41, 5.74) is 4.86. The van der Waals surface area contributed by atoms with Crippen molar-refractivity contribution in [1.82, 2.24) is 0 Å². The zero-order chi connectivity index (χ0) is 19.9. The van der Waals surface area contributed by atoms with Crippen molar-refractivity contribution in [2.45, 2.75) is 86.7 Å². The normalized spacial score (nSPS) is 33.9. The van der Waals surface area contributed by atoms with E-state index in [0.29, 0.717) is 5.92 Å². The monoisotopic (exact) mass is 382 g/mol. The fourth-order valence-electron chi connectivity index (χ4n) is 6.68. The summed E-state index contributed by atoms with van der Waals surface area (Å²) in [5.74, 6) is 4.24. The van der Waals surface area contributed by atoms with Crippen LogP contribution in [0.2, 0.25) is 12.6 Å². The predicted molar refractivity (Wildman–Crippen MR) is 123 cm³/mol. The van der Waals surface area contributed by atoms with Gasteiger partial charge in [-0.25, -0.2) is 0 Å². The van der Waals surface area contributed by atoms with Crippen molar-refractivity contribution in [1.29, 1.82) is 0 Å². The molecule has 3 rings (SSSR count). The molecular weight excluding hydrogens is 340 g/mol. The Balaban J connectivity index is 2.00. The molecule has 1 saturated carbocycles. The highest BCUT2D eigenvalue weighted by molar-refractivity contribution is 6.92. The summed E-state index contributed by atoms with van der Waals surface area (Å²) in [7, 11) is -1.66. The Morgan fingerprint density at radius 3 is 2.30 bits per heavy atom. The molecule has 0 spiro atoms. The van der Waals surface area contributed by atoms with Crippen LogP contribution in [0.5, 0.6) is 0 Å². The molecular formula is C26H42Si. The molecule has 1 heteroatoms. The second kappa shape index (κ2) is 7.89. The van der Waals surface area contributed by atoms with Crippen LogP contribution in [-0.2, 0) is 0 Å². The largest absolute Gasteiger partial charge is 0.107 e. The third kappa shape index (κ3) is 3.73. The van der Waals surface area contributed by atoms with Crippen LogP contribution >= 0.6 is 0 Å². The van der Waals surface area contributed by atoms with Gasteiger partial charge in [-0.15, -0.1) is 0 Å². The molecule has 5 atom stereocenters. The van der Waals surface area contributed by atoms with Gasteiger partial charge < -0.3 is 0 Å². The first-order chi connectivity index (χ1) is 12.7. The first kappa shape index (κ1) is 20.9. The van der Waals surface area contributed by atoms with Crippen molar-refractivity contribution < 1.29 is 0 Å². The molecule has 0 aromatic heterocycles. The third-order valence-corrected chi connectivity index (χ3v) is 13.7. The van der Waals surface area contributed by atoms with Crippen LogP contribution in [0.1, 0.15) is 74.1 Å². The molecule has 150 valence electrons. The van der Waals surface area contributed by atoms with Crippen LogP contribution in [0.4, 0.5) is 0 Å². The minimum atomic E-state index is -1.66. The second-order valence-corrected chi connectivity index (χ2v) is 14.8. The van der Waals surface area contributed by atoms with E-state index in [9.17, 15) is 0 Å². The summed E-state index contributed by atoms with van der Waals surface area (Å²) in [4.78, 5) is 0. The highest BCUT2D eigenvalue weighted by Gasteiger charge is 2.45. The van der Waals surface area contributed by atoms with Crippen LogP contribution < -0.4 is 0 Å². The van der Waals surface area contributed by atoms with Gasteiger partial charge >= 0.3 is 0 Å². The minimum absolute atomic E-state index is 0.654. The molecule has 0 radical (unpaired) electrons. The number of allylic oxidation sites excluding steroid dienone is 8. The lowest BCUT2D eigenvalue weighted by Crippen LogP contribution is -2.43. The molecule has 0 saturated heterocycles. The first-order valence-corrected chi connectivity index (χ1v) is 14.1. The Labute approximate surface area is 169 Å². The van der Waals surface area contributed by atoms with Gasteiger partial charge in [0.05, 0.1) is 0 Å². The van der Waals surface area contributed by atoms with Crippen molar-refractivity contribution in [2.75, 3.05) is 0 Å². The molecule has 0 heterocycles. The van der Waals surface area contributed by atoms with Crippen molar-refractivity contribution >= 4 is 8.07 Å². The molecule has 0 N–H and O–H groups in total. The SMILES string of the molecule is CC1=C(C)C(C)C([Si](C)(CC2CC(C)CCC2C(C)C)C2=CC=CC2)=C1C. The van der Waals surface area contributed by atoms with Gasteiger partial charge in [0.25, 0.3) is 0 Å². The van der Waals surface area contributed by atoms with Crippen molar-refractivity contribution in [3.63, 3.8) is 0 Å². The molecule has 3 aliphatic carbocycles. The molecule has 0 aliphatic heterocycles. The highest BCUT2D eigenvalue weighted by atomic mass is 28.3. The maximum absolute atomic E-state index is 2.73. The molecule has 0 aromatic carbocycles. The van der Waals surface area contributed by atoms with E-state index in [1.165, 1.54) is 31.7 Å². The number of hydrogen-bond acceptors (Lipinski definition) is 0. The fourth-order valence-corrected chi connectivity index (χ4v) is 12.3. The van der Waals surface area contributed by atoms with E-state index in [0.717, 1.165) is 23.7 Å². The van der Waals surface area contributed by atoms with Crippen LogP contribution in [-0.4, -0.2) is 8.07 Å². The Hall–Kier alpha value is -0.823. The van der Waals surface area contributed by atoms with Gasteiger partial charge in [-0.05, 0) is 81.2 Å². The topological polar surface area (TPSA) is 0 Å². The Morgan fingerprint density at radius 1 is 1.07 bits per heavy atom. The summed E-state index contributed by atoms with van der Waals surface area (Å²) >= 11 is 0. The fraction of sp³-hybridized carbons (Fsp3) is 0.692. The molecule has 27 heavy (non-hydrogen) atoms. The van der Waals surface area contributed by atoms with E-state index in [4.69, 9.17) is 0 Å². The van der Waals surface area contributed by atoms with E-state index in [1.54, 1.807) is 21.9 Å². The summed E-state index contributed by atoms with van der Waals surface area (Å²) in [6.45, 7) is 19.8. The maximum atomic E-state index is 2.73. The summed E-state index contributed by atoms with van der Waals surface area (Å²) in [6.07, 6.45) is 12.8. The number of rotatable bonds is 5. The van der Waals surface area contributed by atoms with E-state index >= 15 is 0 Å². The standard InChI is InChI=1S/C26H42Si/c1-17(2)25-14-13-18(3)15-23(25)16-27(8,24-11-9-10-12-24)26-21(6)19(4)20(5)22(26)7/h9-11,17-18,21,23,25H,12-16H2,1-8H3. The predicted octanol–water partition coefficient (Wildman–Crippen LogP) is 8.04. The maximum Gasteiger partial charge on any atom is 0.107 e. The van der Waals surface area contributed by atoms with Gasteiger partial charge in [-0.2, -0.15) is 0 Å². The minimum Gasteiger partial charge on any atom is -0.0809 e. The molecule has 0 bridgehead atoms. The molecule has 5 unspecified atom stereocenters.